The summed E-state index contributed by atoms with van der Waals surface area (Å²) in [6, 6.07) is 18.8. The Morgan fingerprint density at radius 3 is 2.67 bits per heavy atom. The summed E-state index contributed by atoms with van der Waals surface area (Å²) in [4.78, 5) is 4.71. The molecule has 1 aromatic heterocycles. The Morgan fingerprint density at radius 1 is 1.00 bits per heavy atom. The Bertz CT molecular complexity index is 777. The van der Waals surface area contributed by atoms with Crippen LogP contribution in [-0.2, 0) is 6.42 Å². The first kappa shape index (κ1) is 13.8. The lowest BCUT2D eigenvalue weighted by Crippen LogP contribution is -2.15. The van der Waals surface area contributed by atoms with Crippen LogP contribution in [0.5, 0.6) is 0 Å². The van der Waals surface area contributed by atoms with E-state index in [-0.39, 0.29) is 6.04 Å². The smallest absolute Gasteiger partial charge is 0.0705 e. The minimum absolute atomic E-state index is 0.0152. The summed E-state index contributed by atoms with van der Waals surface area (Å²) in [5.74, 6) is 0. The number of nitrogens with zero attached hydrogens (tertiary/aromatic N) is 1. The van der Waals surface area contributed by atoms with Gasteiger partial charge in [-0.3, -0.25) is 4.98 Å². The van der Waals surface area contributed by atoms with Crippen LogP contribution in [0.25, 0.3) is 10.9 Å². The molecule has 0 aliphatic heterocycles. The Balaban J connectivity index is 1.88. The van der Waals surface area contributed by atoms with Crippen LogP contribution < -0.4 is 5.73 Å². The maximum Gasteiger partial charge on any atom is 0.0705 e. The van der Waals surface area contributed by atoms with Gasteiger partial charge in [-0.25, -0.2) is 0 Å². The van der Waals surface area contributed by atoms with E-state index in [9.17, 15) is 0 Å². The number of rotatable bonds is 3. The highest BCUT2D eigenvalue weighted by Crippen LogP contribution is 2.21. The predicted octanol–water partition coefficient (Wildman–Crippen LogP) is 4.09. The van der Waals surface area contributed by atoms with E-state index in [1.807, 2.05) is 18.2 Å². The van der Waals surface area contributed by atoms with E-state index < -0.39 is 0 Å². The number of aryl methyl sites for hydroxylation is 2. The molecule has 0 saturated carbocycles. The van der Waals surface area contributed by atoms with E-state index >= 15 is 0 Å². The van der Waals surface area contributed by atoms with E-state index in [0.717, 1.165) is 17.6 Å². The third-order valence-corrected chi connectivity index (χ3v) is 3.92. The van der Waals surface area contributed by atoms with Crippen molar-refractivity contribution < 1.29 is 0 Å². The third kappa shape index (κ3) is 2.96. The summed E-state index contributed by atoms with van der Waals surface area (Å²) in [5, 5.41) is 1.17. The minimum Gasteiger partial charge on any atom is -0.324 e. The van der Waals surface area contributed by atoms with Gasteiger partial charge in [0, 0.05) is 23.5 Å². The van der Waals surface area contributed by atoms with E-state index in [1.54, 1.807) is 0 Å². The van der Waals surface area contributed by atoms with E-state index in [1.165, 1.54) is 22.1 Å². The van der Waals surface area contributed by atoms with Crippen LogP contribution >= 0.6 is 0 Å². The fourth-order valence-corrected chi connectivity index (χ4v) is 2.72. The number of aromatic nitrogens is 1. The molecule has 3 rings (SSSR count). The summed E-state index contributed by atoms with van der Waals surface area (Å²) < 4.78 is 0. The lowest BCUT2D eigenvalue weighted by molar-refractivity contribution is 0.703. The maximum absolute atomic E-state index is 6.40. The second kappa shape index (κ2) is 5.66. The van der Waals surface area contributed by atoms with Gasteiger partial charge < -0.3 is 5.73 Å². The van der Waals surface area contributed by atoms with E-state index in [2.05, 4.69) is 50.2 Å². The van der Waals surface area contributed by atoms with Crippen molar-refractivity contribution in [1.29, 1.82) is 0 Å². The van der Waals surface area contributed by atoms with E-state index in [4.69, 9.17) is 10.7 Å². The Labute approximate surface area is 125 Å². The first-order chi connectivity index (χ1) is 10.1. The van der Waals surface area contributed by atoms with Gasteiger partial charge in [-0.15, -0.1) is 0 Å². The van der Waals surface area contributed by atoms with Gasteiger partial charge in [0.1, 0.15) is 0 Å². The fraction of sp³-hybridized carbons (Fsp3) is 0.211. The van der Waals surface area contributed by atoms with Crippen LogP contribution in [0.15, 0.2) is 54.6 Å². The molecule has 0 aliphatic carbocycles. The highest BCUT2D eigenvalue weighted by molar-refractivity contribution is 5.78. The molecule has 0 aliphatic rings. The SMILES string of the molecule is Cc1ccc(C)c(C(N)Cc2ccc3ccccc3n2)c1. The predicted molar refractivity (Wildman–Crippen MR) is 88.3 cm³/mol. The molecule has 0 radical (unpaired) electrons. The van der Waals surface area contributed by atoms with Crippen molar-refractivity contribution in [2.24, 2.45) is 5.73 Å². The second-order valence-corrected chi connectivity index (χ2v) is 5.67. The lowest BCUT2D eigenvalue weighted by Gasteiger charge is -2.15. The quantitative estimate of drug-likeness (QED) is 0.782. The summed E-state index contributed by atoms with van der Waals surface area (Å²) in [6.07, 6.45) is 0.759. The Morgan fingerprint density at radius 2 is 1.81 bits per heavy atom. The maximum atomic E-state index is 6.40. The van der Waals surface area contributed by atoms with Crippen molar-refractivity contribution in [1.82, 2.24) is 4.98 Å². The van der Waals surface area contributed by atoms with Gasteiger partial charge in [-0.1, -0.05) is 48.0 Å². The zero-order valence-corrected chi connectivity index (χ0v) is 12.5. The first-order valence-electron chi connectivity index (χ1n) is 7.31. The number of hydrogen-bond acceptors (Lipinski definition) is 2. The van der Waals surface area contributed by atoms with Crippen molar-refractivity contribution in [2.75, 3.05) is 0 Å². The van der Waals surface area contributed by atoms with Gasteiger partial charge in [0.25, 0.3) is 0 Å². The summed E-state index contributed by atoms with van der Waals surface area (Å²) in [7, 11) is 0. The molecule has 106 valence electrons. The molecule has 0 bridgehead atoms. The Hall–Kier alpha value is -2.19. The summed E-state index contributed by atoms with van der Waals surface area (Å²) in [6.45, 7) is 4.21. The van der Waals surface area contributed by atoms with Crippen LogP contribution in [-0.4, -0.2) is 4.98 Å². The molecule has 0 spiro atoms. The highest BCUT2D eigenvalue weighted by atomic mass is 14.7. The van der Waals surface area contributed by atoms with Gasteiger partial charge in [0.2, 0.25) is 0 Å². The number of fused-ring (bicyclic) bond motifs is 1. The monoisotopic (exact) mass is 276 g/mol. The van der Waals surface area contributed by atoms with Crippen LogP contribution in [0, 0.1) is 13.8 Å². The standard InChI is InChI=1S/C19H20N2/c1-13-7-8-14(2)17(11-13)18(20)12-16-10-9-15-5-3-4-6-19(15)21-16/h3-11,18H,12,20H2,1-2H3. The lowest BCUT2D eigenvalue weighted by atomic mass is 9.96. The molecular formula is C19H20N2. The summed E-state index contributed by atoms with van der Waals surface area (Å²) >= 11 is 0. The number of benzene rings is 2. The highest BCUT2D eigenvalue weighted by Gasteiger charge is 2.11. The van der Waals surface area contributed by atoms with Crippen molar-refractivity contribution in [3.63, 3.8) is 0 Å². The molecule has 2 nitrogen and oxygen atoms in total. The normalized spacial score (nSPS) is 12.5. The Kier molecular flexibility index (Phi) is 3.72. The molecule has 2 heteroatoms. The van der Waals surface area contributed by atoms with Gasteiger partial charge in [-0.05, 0) is 37.1 Å². The van der Waals surface area contributed by atoms with Crippen LogP contribution in [0.3, 0.4) is 0 Å². The van der Waals surface area contributed by atoms with Crippen LogP contribution in [0.1, 0.15) is 28.4 Å². The molecule has 0 amide bonds. The molecule has 3 aromatic rings. The van der Waals surface area contributed by atoms with Gasteiger partial charge in [0.05, 0.1) is 5.52 Å². The first-order valence-corrected chi connectivity index (χ1v) is 7.31. The topological polar surface area (TPSA) is 38.9 Å². The molecule has 2 N–H and O–H groups in total. The number of hydrogen-bond donors (Lipinski definition) is 1. The van der Waals surface area contributed by atoms with Crippen molar-refractivity contribution in [3.05, 3.63) is 77.0 Å². The molecule has 21 heavy (non-hydrogen) atoms. The molecule has 0 fully saturated rings. The molecule has 1 heterocycles. The molecule has 1 unspecified atom stereocenters. The second-order valence-electron chi connectivity index (χ2n) is 5.67. The van der Waals surface area contributed by atoms with Gasteiger partial charge in [0.15, 0.2) is 0 Å². The largest absolute Gasteiger partial charge is 0.324 e. The minimum atomic E-state index is -0.0152. The fourth-order valence-electron chi connectivity index (χ4n) is 2.72. The third-order valence-electron chi connectivity index (χ3n) is 3.92. The van der Waals surface area contributed by atoms with Crippen LogP contribution in [0.4, 0.5) is 0 Å². The molecule has 0 saturated heterocycles. The van der Waals surface area contributed by atoms with Crippen molar-refractivity contribution in [3.8, 4) is 0 Å². The van der Waals surface area contributed by atoms with Gasteiger partial charge >= 0.3 is 0 Å². The number of pyridine rings is 1. The molecule has 1 atom stereocenters. The van der Waals surface area contributed by atoms with Crippen LogP contribution in [0.2, 0.25) is 0 Å². The van der Waals surface area contributed by atoms with Crippen molar-refractivity contribution >= 4 is 10.9 Å². The average molecular weight is 276 g/mol. The molecule has 2 aromatic carbocycles. The number of nitrogens with two attached hydrogens (primary N) is 1. The number of para-hydroxylation sites is 1. The molecular weight excluding hydrogens is 256 g/mol. The van der Waals surface area contributed by atoms with E-state index in [0.29, 0.717) is 0 Å². The average Bonchev–Trinajstić information content (AvgIpc) is 2.49. The zero-order valence-electron chi connectivity index (χ0n) is 12.5. The summed E-state index contributed by atoms with van der Waals surface area (Å²) in [5.41, 5.74) is 12.2. The van der Waals surface area contributed by atoms with Crippen molar-refractivity contribution in [2.45, 2.75) is 26.3 Å². The van der Waals surface area contributed by atoms with Gasteiger partial charge in [-0.2, -0.15) is 0 Å². The zero-order chi connectivity index (χ0) is 14.8.